The van der Waals surface area contributed by atoms with Gasteiger partial charge in [-0.25, -0.2) is 4.39 Å². The van der Waals surface area contributed by atoms with Crippen molar-refractivity contribution in [2.24, 2.45) is 5.92 Å². The summed E-state index contributed by atoms with van der Waals surface area (Å²) in [6.07, 6.45) is 8.77. The van der Waals surface area contributed by atoms with Gasteiger partial charge in [-0.2, -0.15) is 4.98 Å². The Morgan fingerprint density at radius 2 is 1.93 bits per heavy atom. The lowest BCUT2D eigenvalue weighted by atomic mass is 9.96. The molecule has 1 atom stereocenters. The van der Waals surface area contributed by atoms with Gasteiger partial charge < -0.3 is 9.42 Å². The molecule has 2 aliphatic rings. The van der Waals surface area contributed by atoms with Crippen molar-refractivity contribution in [3.8, 4) is 11.4 Å². The van der Waals surface area contributed by atoms with Crippen molar-refractivity contribution < 1.29 is 13.7 Å². The van der Waals surface area contributed by atoms with Crippen molar-refractivity contribution in [3.63, 3.8) is 0 Å². The summed E-state index contributed by atoms with van der Waals surface area (Å²) < 4.78 is 18.5. The van der Waals surface area contributed by atoms with Crippen molar-refractivity contribution in [2.45, 2.75) is 57.3 Å². The number of hydrogen-bond acceptors (Lipinski definition) is 4. The van der Waals surface area contributed by atoms with Crippen molar-refractivity contribution in [2.75, 3.05) is 13.1 Å². The molecule has 0 N–H and O–H groups in total. The Morgan fingerprint density at radius 1 is 1.15 bits per heavy atom. The molecule has 0 bridgehead atoms. The van der Waals surface area contributed by atoms with Gasteiger partial charge >= 0.3 is 0 Å². The molecule has 1 saturated carbocycles. The van der Waals surface area contributed by atoms with Crippen LogP contribution in [0.4, 0.5) is 4.39 Å². The second-order valence-corrected chi connectivity index (χ2v) is 7.83. The average Bonchev–Trinajstić information content (AvgIpc) is 3.39. The lowest BCUT2D eigenvalue weighted by Crippen LogP contribution is -2.39. The van der Waals surface area contributed by atoms with Crippen molar-refractivity contribution >= 4 is 5.91 Å². The summed E-state index contributed by atoms with van der Waals surface area (Å²) in [4.78, 5) is 19.1. The van der Waals surface area contributed by atoms with E-state index >= 15 is 0 Å². The number of aromatic nitrogens is 2. The zero-order chi connectivity index (χ0) is 18.6. The van der Waals surface area contributed by atoms with Gasteiger partial charge in [0, 0.05) is 25.1 Å². The van der Waals surface area contributed by atoms with E-state index in [2.05, 4.69) is 10.1 Å². The molecular formula is C21H26FN3O2. The number of rotatable bonds is 5. The van der Waals surface area contributed by atoms with E-state index in [1.807, 2.05) is 4.90 Å². The number of nitrogens with zero attached hydrogens (tertiary/aromatic N) is 3. The molecule has 0 spiro atoms. The van der Waals surface area contributed by atoms with Gasteiger partial charge in [-0.3, -0.25) is 4.79 Å². The minimum Gasteiger partial charge on any atom is -0.342 e. The summed E-state index contributed by atoms with van der Waals surface area (Å²) in [5.41, 5.74) is 0.728. The highest BCUT2D eigenvalue weighted by atomic mass is 19.1. The zero-order valence-electron chi connectivity index (χ0n) is 15.6. The molecule has 6 heteroatoms. The van der Waals surface area contributed by atoms with Gasteiger partial charge in [-0.1, -0.05) is 30.8 Å². The van der Waals surface area contributed by atoms with Crippen LogP contribution in [0.25, 0.3) is 11.4 Å². The predicted molar refractivity (Wildman–Crippen MR) is 99.4 cm³/mol. The topological polar surface area (TPSA) is 59.2 Å². The summed E-state index contributed by atoms with van der Waals surface area (Å²) in [6, 6.07) is 6.06. The number of halogens is 1. The number of likely N-dealkylation sites (tertiary alicyclic amines) is 1. The number of benzene rings is 1. The van der Waals surface area contributed by atoms with E-state index in [1.165, 1.54) is 37.8 Å². The largest absolute Gasteiger partial charge is 0.342 e. The van der Waals surface area contributed by atoms with Crippen LogP contribution >= 0.6 is 0 Å². The van der Waals surface area contributed by atoms with E-state index in [-0.39, 0.29) is 17.6 Å². The van der Waals surface area contributed by atoms with Crippen LogP contribution in [0.3, 0.4) is 0 Å². The Kier molecular flexibility index (Phi) is 5.50. The van der Waals surface area contributed by atoms with Gasteiger partial charge in [-0.05, 0) is 49.4 Å². The molecule has 1 amide bonds. The first-order valence-corrected chi connectivity index (χ1v) is 10.1. The highest BCUT2D eigenvalue weighted by Crippen LogP contribution is 2.31. The van der Waals surface area contributed by atoms with Crippen LogP contribution in [0.5, 0.6) is 0 Å². The minimum absolute atomic E-state index is 0.0795. The van der Waals surface area contributed by atoms with Crippen LogP contribution in [-0.4, -0.2) is 34.0 Å². The second-order valence-electron chi connectivity index (χ2n) is 7.83. The molecule has 2 aromatic rings. The Labute approximate surface area is 158 Å². The summed E-state index contributed by atoms with van der Waals surface area (Å²) in [7, 11) is 0. The molecule has 5 nitrogen and oxygen atoms in total. The van der Waals surface area contributed by atoms with E-state index in [1.54, 1.807) is 12.1 Å². The van der Waals surface area contributed by atoms with E-state index in [4.69, 9.17) is 4.52 Å². The molecule has 144 valence electrons. The quantitative estimate of drug-likeness (QED) is 0.773. The molecule has 1 unspecified atom stereocenters. The predicted octanol–water partition coefficient (Wildman–Crippen LogP) is 4.55. The van der Waals surface area contributed by atoms with Gasteiger partial charge in [-0.15, -0.1) is 0 Å². The summed E-state index contributed by atoms with van der Waals surface area (Å²) in [5.74, 6) is 1.82. The van der Waals surface area contributed by atoms with Crippen LogP contribution < -0.4 is 0 Å². The van der Waals surface area contributed by atoms with E-state index in [0.29, 0.717) is 24.7 Å². The van der Waals surface area contributed by atoms with Gasteiger partial charge in [0.1, 0.15) is 5.82 Å². The molecule has 2 fully saturated rings. The average molecular weight is 371 g/mol. The maximum atomic E-state index is 13.1. The molecule has 27 heavy (non-hydrogen) atoms. The maximum Gasteiger partial charge on any atom is 0.231 e. The number of piperidine rings is 1. The fourth-order valence-electron chi connectivity index (χ4n) is 4.31. The van der Waals surface area contributed by atoms with Crippen molar-refractivity contribution in [1.82, 2.24) is 15.0 Å². The third kappa shape index (κ3) is 4.37. The summed E-state index contributed by atoms with van der Waals surface area (Å²) in [5, 5.41) is 4.04. The van der Waals surface area contributed by atoms with Crippen LogP contribution in [0, 0.1) is 11.7 Å². The second kappa shape index (κ2) is 8.19. The summed E-state index contributed by atoms with van der Waals surface area (Å²) >= 11 is 0. The third-order valence-electron chi connectivity index (χ3n) is 5.91. The maximum absolute atomic E-state index is 13.1. The fraction of sp³-hybridized carbons (Fsp3) is 0.571. The van der Waals surface area contributed by atoms with Gasteiger partial charge in [0.15, 0.2) is 0 Å². The van der Waals surface area contributed by atoms with Crippen molar-refractivity contribution in [1.29, 1.82) is 0 Å². The number of carbonyl (C=O) groups is 1. The summed E-state index contributed by atoms with van der Waals surface area (Å²) in [6.45, 7) is 1.47. The monoisotopic (exact) mass is 371 g/mol. The standard InChI is InChI=1S/C21H26FN3O2/c22-18-10-8-16(9-11-18)20-23-21(27-24-20)17-6-3-13-25(14-17)19(26)12-7-15-4-1-2-5-15/h8-11,15,17H,1-7,12-14H2. The Balaban J connectivity index is 1.36. The normalized spacial score (nSPS) is 20.9. The number of carbonyl (C=O) groups excluding carboxylic acids is 1. The molecule has 2 heterocycles. The number of hydrogen-bond donors (Lipinski definition) is 0. The molecule has 1 aromatic heterocycles. The zero-order valence-corrected chi connectivity index (χ0v) is 15.6. The Bertz CT molecular complexity index is 768. The molecule has 1 aliphatic heterocycles. The van der Waals surface area contributed by atoms with Crippen LogP contribution in [0.2, 0.25) is 0 Å². The minimum atomic E-state index is -0.290. The SMILES string of the molecule is O=C(CCC1CCCC1)N1CCCC(c2nc(-c3ccc(F)cc3)no2)C1. The van der Waals surface area contributed by atoms with Crippen LogP contribution in [-0.2, 0) is 4.79 Å². The van der Waals surface area contributed by atoms with Crippen LogP contribution in [0.1, 0.15) is 63.2 Å². The highest BCUT2D eigenvalue weighted by molar-refractivity contribution is 5.76. The molecule has 0 radical (unpaired) electrons. The highest BCUT2D eigenvalue weighted by Gasteiger charge is 2.29. The first-order chi connectivity index (χ1) is 13.2. The van der Waals surface area contributed by atoms with E-state index in [9.17, 15) is 9.18 Å². The molecular weight excluding hydrogens is 345 g/mol. The van der Waals surface area contributed by atoms with Gasteiger partial charge in [0.25, 0.3) is 0 Å². The van der Waals surface area contributed by atoms with E-state index < -0.39 is 0 Å². The molecule has 1 aromatic carbocycles. The van der Waals surface area contributed by atoms with Crippen molar-refractivity contribution in [3.05, 3.63) is 36.0 Å². The Morgan fingerprint density at radius 3 is 2.70 bits per heavy atom. The van der Waals surface area contributed by atoms with Gasteiger partial charge in [0.05, 0.1) is 5.92 Å². The molecule has 4 rings (SSSR count). The van der Waals surface area contributed by atoms with E-state index in [0.717, 1.165) is 37.3 Å². The first kappa shape index (κ1) is 18.1. The molecule has 1 aliphatic carbocycles. The van der Waals surface area contributed by atoms with Gasteiger partial charge in [0.2, 0.25) is 17.6 Å². The Hall–Kier alpha value is -2.24. The first-order valence-electron chi connectivity index (χ1n) is 10.1. The van der Waals surface area contributed by atoms with Crippen LogP contribution in [0.15, 0.2) is 28.8 Å². The fourth-order valence-corrected chi connectivity index (χ4v) is 4.31. The smallest absolute Gasteiger partial charge is 0.231 e. The number of amides is 1. The lowest BCUT2D eigenvalue weighted by Gasteiger charge is -2.31. The third-order valence-corrected chi connectivity index (χ3v) is 5.91. The lowest BCUT2D eigenvalue weighted by molar-refractivity contribution is -0.132. The molecule has 1 saturated heterocycles.